The van der Waals surface area contributed by atoms with Crippen molar-refractivity contribution in [2.24, 2.45) is 7.05 Å². The maximum Gasteiger partial charge on any atom is 0.249 e. The van der Waals surface area contributed by atoms with E-state index in [1.165, 1.54) is 33.1 Å². The molecule has 0 saturated heterocycles. The van der Waals surface area contributed by atoms with E-state index in [1.54, 1.807) is 0 Å². The van der Waals surface area contributed by atoms with Crippen molar-refractivity contribution in [3.8, 4) is 5.69 Å². The monoisotopic (exact) mass is 273 g/mol. The smallest absolute Gasteiger partial charge is 0.232 e. The van der Waals surface area contributed by atoms with Gasteiger partial charge in [0, 0.05) is 5.56 Å². The van der Waals surface area contributed by atoms with E-state index in [4.69, 9.17) is 0 Å². The molecule has 0 amide bonds. The number of aromatic nitrogens is 2. The summed E-state index contributed by atoms with van der Waals surface area (Å²) in [5.74, 6) is 0. The van der Waals surface area contributed by atoms with Crippen molar-refractivity contribution in [3.05, 3.63) is 72.6 Å². The Morgan fingerprint density at radius 3 is 2.52 bits per heavy atom. The summed E-state index contributed by atoms with van der Waals surface area (Å²) in [4.78, 5) is 0. The fraction of sp³-hybridized carbons (Fsp3) is 0.105. The van der Waals surface area contributed by atoms with Gasteiger partial charge in [-0.1, -0.05) is 42.5 Å². The second kappa shape index (κ2) is 4.45. The molecule has 0 fully saturated rings. The minimum absolute atomic E-state index is 1.23. The highest BCUT2D eigenvalue weighted by Gasteiger charge is 2.16. The quantitative estimate of drug-likeness (QED) is 0.465. The number of hydrogen-bond donors (Lipinski definition) is 0. The lowest BCUT2D eigenvalue weighted by Crippen LogP contribution is -2.25. The van der Waals surface area contributed by atoms with Crippen LogP contribution in [0.1, 0.15) is 5.56 Å². The lowest BCUT2D eigenvalue weighted by Gasteiger charge is -2.06. The van der Waals surface area contributed by atoms with E-state index < -0.39 is 0 Å². The second-order valence-corrected chi connectivity index (χ2v) is 5.52. The Morgan fingerprint density at radius 2 is 1.62 bits per heavy atom. The van der Waals surface area contributed by atoms with Crippen molar-refractivity contribution < 1.29 is 4.57 Å². The number of para-hydroxylation sites is 2. The molecule has 0 bridgehead atoms. The fourth-order valence-corrected chi connectivity index (χ4v) is 3.13. The Morgan fingerprint density at radius 1 is 0.857 bits per heavy atom. The number of benzene rings is 3. The average molecular weight is 273 g/mol. The van der Waals surface area contributed by atoms with Crippen LogP contribution in [0.3, 0.4) is 0 Å². The molecule has 1 aromatic heterocycles. The van der Waals surface area contributed by atoms with E-state index in [9.17, 15) is 0 Å². The van der Waals surface area contributed by atoms with Crippen molar-refractivity contribution in [2.75, 3.05) is 0 Å². The molecular weight excluding hydrogens is 256 g/mol. The van der Waals surface area contributed by atoms with Gasteiger partial charge >= 0.3 is 0 Å². The molecule has 4 aromatic rings. The van der Waals surface area contributed by atoms with Crippen molar-refractivity contribution in [1.82, 2.24) is 4.57 Å². The highest BCUT2D eigenvalue weighted by molar-refractivity contribution is 5.89. The van der Waals surface area contributed by atoms with E-state index in [-0.39, 0.29) is 0 Å². The zero-order valence-corrected chi connectivity index (χ0v) is 12.2. The van der Waals surface area contributed by atoms with E-state index >= 15 is 0 Å². The Labute approximate surface area is 123 Å². The summed E-state index contributed by atoms with van der Waals surface area (Å²) in [6.07, 6.45) is 2.15. The van der Waals surface area contributed by atoms with Gasteiger partial charge in [0.25, 0.3) is 0 Å². The lowest BCUT2D eigenvalue weighted by molar-refractivity contribution is -0.645. The molecule has 2 heteroatoms. The summed E-state index contributed by atoms with van der Waals surface area (Å²) >= 11 is 0. The SMILES string of the molecule is Cc1c(-n2c[n+](C)c3ccccc32)ccc2ccccc12. The van der Waals surface area contributed by atoms with Crippen LogP contribution < -0.4 is 4.57 Å². The summed E-state index contributed by atoms with van der Waals surface area (Å²) in [5.41, 5.74) is 5.03. The number of nitrogens with zero attached hydrogens (tertiary/aromatic N) is 2. The Kier molecular flexibility index (Phi) is 2.58. The minimum atomic E-state index is 1.23. The maximum atomic E-state index is 2.27. The molecule has 0 N–H and O–H groups in total. The van der Waals surface area contributed by atoms with Gasteiger partial charge in [-0.05, 0) is 35.9 Å². The highest BCUT2D eigenvalue weighted by Crippen LogP contribution is 2.26. The van der Waals surface area contributed by atoms with Gasteiger partial charge < -0.3 is 0 Å². The molecular formula is C19H17N2+. The predicted molar refractivity (Wildman–Crippen MR) is 86.7 cm³/mol. The van der Waals surface area contributed by atoms with Gasteiger partial charge in [-0.15, -0.1) is 0 Å². The summed E-state index contributed by atoms with van der Waals surface area (Å²) in [6, 6.07) is 21.5. The van der Waals surface area contributed by atoms with Gasteiger partial charge in [0.05, 0.1) is 7.05 Å². The molecule has 2 nitrogen and oxygen atoms in total. The van der Waals surface area contributed by atoms with Crippen LogP contribution in [0.4, 0.5) is 0 Å². The first-order valence-electron chi connectivity index (χ1n) is 7.20. The number of aryl methyl sites for hydroxylation is 2. The van der Waals surface area contributed by atoms with Gasteiger partial charge in [-0.3, -0.25) is 0 Å². The zero-order valence-electron chi connectivity index (χ0n) is 12.2. The largest absolute Gasteiger partial charge is 0.249 e. The number of imidazole rings is 1. The number of rotatable bonds is 1. The second-order valence-electron chi connectivity index (χ2n) is 5.52. The summed E-state index contributed by atoms with van der Waals surface area (Å²) in [5, 5.41) is 2.61. The van der Waals surface area contributed by atoms with Crippen LogP contribution in [-0.2, 0) is 7.05 Å². The van der Waals surface area contributed by atoms with E-state index in [2.05, 4.69) is 90.1 Å². The first-order valence-corrected chi connectivity index (χ1v) is 7.20. The first-order chi connectivity index (χ1) is 10.3. The average Bonchev–Trinajstić information content (AvgIpc) is 2.86. The third-order valence-corrected chi connectivity index (χ3v) is 4.24. The minimum Gasteiger partial charge on any atom is -0.232 e. The highest BCUT2D eigenvalue weighted by atomic mass is 15.1. The van der Waals surface area contributed by atoms with Crippen LogP contribution in [0.25, 0.3) is 27.5 Å². The molecule has 0 saturated carbocycles. The molecule has 1 heterocycles. The van der Waals surface area contributed by atoms with Crippen LogP contribution >= 0.6 is 0 Å². The Bertz CT molecular complexity index is 964. The molecule has 0 radical (unpaired) electrons. The molecule has 0 spiro atoms. The number of hydrogen-bond acceptors (Lipinski definition) is 0. The zero-order chi connectivity index (χ0) is 14.4. The van der Waals surface area contributed by atoms with Crippen molar-refractivity contribution in [1.29, 1.82) is 0 Å². The van der Waals surface area contributed by atoms with Crippen LogP contribution in [0.2, 0.25) is 0 Å². The molecule has 0 unspecified atom stereocenters. The van der Waals surface area contributed by atoms with Crippen LogP contribution in [-0.4, -0.2) is 4.57 Å². The molecule has 0 atom stereocenters. The fourth-order valence-electron chi connectivity index (χ4n) is 3.13. The van der Waals surface area contributed by atoms with Gasteiger partial charge in [-0.2, -0.15) is 4.57 Å². The predicted octanol–water partition coefficient (Wildman–Crippen LogP) is 3.92. The molecule has 0 aliphatic carbocycles. The molecule has 3 aromatic carbocycles. The summed E-state index contributed by atoms with van der Waals surface area (Å²) in [7, 11) is 2.09. The van der Waals surface area contributed by atoms with Gasteiger partial charge in [0.15, 0.2) is 11.0 Å². The molecule has 0 aliphatic heterocycles. The van der Waals surface area contributed by atoms with Crippen molar-refractivity contribution >= 4 is 21.8 Å². The summed E-state index contributed by atoms with van der Waals surface area (Å²) < 4.78 is 4.45. The molecule has 0 aliphatic rings. The summed E-state index contributed by atoms with van der Waals surface area (Å²) in [6.45, 7) is 2.20. The third kappa shape index (κ3) is 1.76. The topological polar surface area (TPSA) is 8.81 Å². The van der Waals surface area contributed by atoms with Crippen LogP contribution in [0, 0.1) is 6.92 Å². The number of fused-ring (bicyclic) bond motifs is 2. The molecule has 4 rings (SSSR count). The van der Waals surface area contributed by atoms with Gasteiger partial charge in [0.1, 0.15) is 5.69 Å². The van der Waals surface area contributed by atoms with E-state index in [1.807, 2.05) is 0 Å². The third-order valence-electron chi connectivity index (χ3n) is 4.24. The maximum absolute atomic E-state index is 2.27. The van der Waals surface area contributed by atoms with Crippen molar-refractivity contribution in [3.63, 3.8) is 0 Å². The Hall–Kier alpha value is -2.61. The van der Waals surface area contributed by atoms with Crippen molar-refractivity contribution in [2.45, 2.75) is 6.92 Å². The molecule has 102 valence electrons. The van der Waals surface area contributed by atoms with E-state index in [0.717, 1.165) is 0 Å². The molecule has 21 heavy (non-hydrogen) atoms. The normalized spacial score (nSPS) is 11.3. The van der Waals surface area contributed by atoms with Gasteiger partial charge in [-0.25, -0.2) is 4.57 Å². The Balaban J connectivity index is 2.07. The lowest BCUT2D eigenvalue weighted by atomic mass is 10.0. The first kappa shape index (κ1) is 12.2. The van der Waals surface area contributed by atoms with E-state index in [0.29, 0.717) is 0 Å². The standard InChI is InChI=1S/C19H17N2/c1-14-16-8-4-3-7-15(16)11-12-17(14)21-13-20(2)18-9-5-6-10-19(18)21/h3-13H,1-2H3/q+1. The van der Waals surface area contributed by atoms with Crippen LogP contribution in [0.15, 0.2) is 67.0 Å². The van der Waals surface area contributed by atoms with Gasteiger partial charge in [0.2, 0.25) is 6.33 Å². The van der Waals surface area contributed by atoms with Crippen LogP contribution in [0.5, 0.6) is 0 Å².